The second-order valence-electron chi connectivity index (χ2n) is 25.0. The lowest BCUT2D eigenvalue weighted by Crippen LogP contribution is -2.41. The monoisotopic (exact) mass is 1290 g/mol. The molecule has 6 rings (SSSR count). The highest BCUT2D eigenvalue weighted by molar-refractivity contribution is 5.84. The van der Waals surface area contributed by atoms with Crippen LogP contribution < -0.4 is 21.3 Å². The molecule has 0 aliphatic carbocycles. The average Bonchev–Trinajstić information content (AvgIpc) is 1.27. The Balaban J connectivity index is 0.000000676. The summed E-state index contributed by atoms with van der Waals surface area (Å²) in [5, 5.41) is 27.5. The summed E-state index contributed by atoms with van der Waals surface area (Å²) >= 11 is 0. The van der Waals surface area contributed by atoms with Gasteiger partial charge in [-0.2, -0.15) is 0 Å². The van der Waals surface area contributed by atoms with E-state index < -0.39 is 12.2 Å². The molecule has 2 amide bonds. The standard InChI is InChI=1S/C27H34FN3O3.C27H35N3O3.2C10H22.2C3H8/c1-5-17(2)25(31-27(32)26-15-30-14-23(33-4)16-34-26)12-21-8-6-20(11-24(21)28)19-7-9-22(13-29)18(3)10-19;1-5-18(2)25(30-27(31)26-16-29-15-24(32-4)17-33-26)13-20-6-8-21(9-7-20)22-10-11-23(14-28)19(3)12-22;2*1-4-7-10(8-5-2)9-6-3;2*1-3-2/h6-11,13,23,26,29-30H,5,12,14-16H2,1-4H3,(H,31,32);6-12,14,24,26,28-29H,5,13,15-17H2,1-4H3,(H,30,31);2*10H,4-9H2,1-3H3;2*3H2,1-2H3. The van der Waals surface area contributed by atoms with Crippen molar-refractivity contribution in [3.63, 3.8) is 0 Å². The van der Waals surface area contributed by atoms with Gasteiger partial charge in [0.1, 0.15) is 18.0 Å². The molecular weight excluding hydrogens is 1160 g/mol. The van der Waals surface area contributed by atoms with E-state index in [1.807, 2.05) is 64.1 Å². The first kappa shape index (κ1) is 85.3. The maximum atomic E-state index is 15.1. The fourth-order valence-corrected chi connectivity index (χ4v) is 11.0. The third-order valence-electron chi connectivity index (χ3n) is 16.7. The van der Waals surface area contributed by atoms with Crippen LogP contribution in [0.3, 0.4) is 0 Å². The minimum Gasteiger partial charge on any atom is -0.378 e. The molecule has 4 unspecified atom stereocenters. The van der Waals surface area contributed by atoms with Crippen molar-refractivity contribution in [3.05, 3.63) is 141 Å². The van der Waals surface area contributed by atoms with Crippen LogP contribution in [0.25, 0.3) is 22.3 Å². The van der Waals surface area contributed by atoms with Gasteiger partial charge in [-0.3, -0.25) is 9.59 Å². The molecule has 2 aliphatic rings. The highest BCUT2D eigenvalue weighted by atomic mass is 19.1. The van der Waals surface area contributed by atoms with Crippen molar-refractivity contribution in [2.75, 3.05) is 53.6 Å². The van der Waals surface area contributed by atoms with Crippen molar-refractivity contribution in [2.24, 2.45) is 11.8 Å². The summed E-state index contributed by atoms with van der Waals surface area (Å²) in [6, 6.07) is 25.5. The second-order valence-corrected chi connectivity index (χ2v) is 25.0. The number of carbonyl (C=O) groups excluding carboxylic acids is 2. The minimum atomic E-state index is -0.640. The number of hydrogen-bond donors (Lipinski definition) is 6. The maximum Gasteiger partial charge on any atom is 0.254 e. The molecule has 93 heavy (non-hydrogen) atoms. The smallest absolute Gasteiger partial charge is 0.254 e. The van der Waals surface area contributed by atoms with Crippen LogP contribution in [0.2, 0.25) is 0 Å². The Morgan fingerprint density at radius 2 is 0.871 bits per heavy atom. The first-order valence-corrected chi connectivity index (χ1v) is 35.6. The van der Waals surface area contributed by atoms with Crippen LogP contribution in [0, 0.1) is 42.3 Å². The SMILES string of the molecule is CCC.CCC.CCC(C)=C(Cc1ccc(-c2ccc(C=N)c(C)c2)cc1)NC(=O)C1CNCC(OC)CO1.CCC(C)=C(Cc1ccc(-c2ccc(C=N)c(C)c2)cc1F)NC(=O)C1CNCC(OC)CO1.CCCC(CCC)CCC.CCCC(CCC)CCC. The summed E-state index contributed by atoms with van der Waals surface area (Å²) in [6.07, 6.45) is 23.3. The normalized spacial score (nSPS) is 16.6. The summed E-state index contributed by atoms with van der Waals surface area (Å²) in [4.78, 5) is 25.8. The summed E-state index contributed by atoms with van der Waals surface area (Å²) in [7, 11) is 3.27. The number of hydrogen-bond acceptors (Lipinski definition) is 10. The number of allylic oxidation sites excluding steroid dienone is 4. The quantitative estimate of drug-likeness (QED) is 0.0306. The van der Waals surface area contributed by atoms with Gasteiger partial charge >= 0.3 is 0 Å². The van der Waals surface area contributed by atoms with Crippen molar-refractivity contribution in [3.8, 4) is 22.3 Å². The van der Waals surface area contributed by atoms with Crippen LogP contribution in [0.15, 0.2) is 101 Å². The number of ether oxygens (including phenoxy) is 4. The van der Waals surface area contributed by atoms with E-state index in [1.54, 1.807) is 20.3 Å². The lowest BCUT2D eigenvalue weighted by atomic mass is 9.94. The zero-order chi connectivity index (χ0) is 69.5. The molecule has 0 radical (unpaired) electrons. The Labute approximate surface area is 565 Å². The van der Waals surface area contributed by atoms with Gasteiger partial charge in [-0.05, 0) is 114 Å². The predicted octanol–water partition coefficient (Wildman–Crippen LogP) is 19.0. The van der Waals surface area contributed by atoms with E-state index in [9.17, 15) is 9.59 Å². The van der Waals surface area contributed by atoms with Crippen LogP contribution >= 0.6 is 0 Å². The number of rotatable bonds is 28. The van der Waals surface area contributed by atoms with Crippen molar-refractivity contribution in [1.29, 1.82) is 10.8 Å². The Morgan fingerprint density at radius 3 is 1.20 bits per heavy atom. The van der Waals surface area contributed by atoms with E-state index >= 15 is 4.39 Å². The van der Waals surface area contributed by atoms with E-state index in [0.29, 0.717) is 57.1 Å². The lowest BCUT2D eigenvalue weighted by Gasteiger charge is -2.19. The molecule has 522 valence electrons. The molecule has 2 saturated heterocycles. The Kier molecular flexibility index (Phi) is 47.4. The number of benzene rings is 4. The number of carbonyl (C=O) groups is 2. The van der Waals surface area contributed by atoms with Crippen LogP contribution in [0.1, 0.15) is 233 Å². The van der Waals surface area contributed by atoms with Crippen LogP contribution in [0.5, 0.6) is 0 Å². The lowest BCUT2D eigenvalue weighted by molar-refractivity contribution is -0.133. The van der Waals surface area contributed by atoms with Gasteiger partial charge in [0.2, 0.25) is 0 Å². The van der Waals surface area contributed by atoms with Crippen molar-refractivity contribution >= 4 is 24.2 Å². The summed E-state index contributed by atoms with van der Waals surface area (Å²) < 4.78 is 37.3. The van der Waals surface area contributed by atoms with Gasteiger partial charge in [-0.1, -0.05) is 257 Å². The van der Waals surface area contributed by atoms with Gasteiger partial charge in [0.25, 0.3) is 11.8 Å². The van der Waals surface area contributed by atoms with Crippen LogP contribution in [0.4, 0.5) is 4.39 Å². The molecule has 2 fully saturated rings. The fraction of sp³-hybridized carbons (Fsp3) is 0.600. The van der Waals surface area contributed by atoms with Gasteiger partial charge in [-0.15, -0.1) is 0 Å². The van der Waals surface area contributed by atoms with Crippen LogP contribution in [-0.2, 0) is 41.4 Å². The van der Waals surface area contributed by atoms with E-state index in [4.69, 9.17) is 29.8 Å². The molecule has 4 aromatic carbocycles. The molecule has 12 nitrogen and oxygen atoms in total. The first-order chi connectivity index (χ1) is 44.8. The molecule has 0 spiro atoms. The molecule has 2 heterocycles. The van der Waals surface area contributed by atoms with Gasteiger partial charge < -0.3 is 51.0 Å². The van der Waals surface area contributed by atoms with Gasteiger partial charge in [0, 0.05) is 77.1 Å². The second kappa shape index (κ2) is 51.6. The van der Waals surface area contributed by atoms with Crippen molar-refractivity contribution in [1.82, 2.24) is 21.3 Å². The average molecular weight is 1290 g/mol. The molecule has 0 bridgehead atoms. The zero-order valence-corrected chi connectivity index (χ0v) is 61.4. The third-order valence-corrected chi connectivity index (χ3v) is 16.7. The van der Waals surface area contributed by atoms with Gasteiger partial charge in [0.05, 0.1) is 25.4 Å². The summed E-state index contributed by atoms with van der Waals surface area (Å²) in [5.74, 6) is 1.36. The van der Waals surface area contributed by atoms with E-state index in [1.165, 1.54) is 108 Å². The molecule has 13 heteroatoms. The van der Waals surface area contributed by atoms with E-state index in [2.05, 4.69) is 135 Å². The molecule has 4 atom stereocenters. The largest absolute Gasteiger partial charge is 0.378 e. The Morgan fingerprint density at radius 1 is 0.527 bits per heavy atom. The number of methoxy groups -OCH3 is 2. The summed E-state index contributed by atoms with van der Waals surface area (Å²) in [5.41, 5.74) is 13.2. The van der Waals surface area contributed by atoms with Gasteiger partial charge in [0.15, 0.2) is 0 Å². The third kappa shape index (κ3) is 33.5. The highest BCUT2D eigenvalue weighted by Crippen LogP contribution is 2.28. The van der Waals surface area contributed by atoms with Crippen LogP contribution in [-0.4, -0.2) is 102 Å². The summed E-state index contributed by atoms with van der Waals surface area (Å²) in [6.45, 7) is 37.2. The van der Waals surface area contributed by atoms with E-state index in [0.717, 1.165) is 91.6 Å². The predicted molar refractivity (Wildman–Crippen MR) is 394 cm³/mol. The number of halogens is 1. The first-order valence-electron chi connectivity index (χ1n) is 35.6. The number of amides is 2. The van der Waals surface area contributed by atoms with Gasteiger partial charge in [-0.25, -0.2) is 4.39 Å². The Bertz CT molecular complexity index is 2710. The number of nitrogens with one attached hydrogen (secondary N) is 6. The Hall–Kier alpha value is -5.67. The fourth-order valence-electron chi connectivity index (χ4n) is 11.0. The zero-order valence-electron chi connectivity index (χ0n) is 61.4. The van der Waals surface area contributed by atoms with Crippen molar-refractivity contribution in [2.45, 2.75) is 251 Å². The molecule has 2 aliphatic heterocycles. The number of aryl methyl sites for hydroxylation is 2. The van der Waals surface area contributed by atoms with Crippen molar-refractivity contribution < 1.29 is 32.9 Å². The molecule has 4 aromatic rings. The maximum absolute atomic E-state index is 15.1. The highest BCUT2D eigenvalue weighted by Gasteiger charge is 2.27. The molecular formula is C80H129FN6O6. The molecule has 6 N–H and O–H groups in total. The van der Waals surface area contributed by atoms with E-state index in [-0.39, 0.29) is 36.3 Å². The topological polar surface area (TPSA) is 167 Å². The minimum absolute atomic E-state index is 0.0428. The molecule has 0 saturated carbocycles. The molecule has 0 aromatic heterocycles.